The largest absolute Gasteiger partial charge is 0.458 e. The van der Waals surface area contributed by atoms with E-state index in [4.69, 9.17) is 4.42 Å². The van der Waals surface area contributed by atoms with Gasteiger partial charge in [-0.25, -0.2) is 4.39 Å². The molecule has 3 rings (SSSR count). The van der Waals surface area contributed by atoms with Gasteiger partial charge in [-0.1, -0.05) is 0 Å². The van der Waals surface area contributed by atoms with Crippen molar-refractivity contribution in [3.8, 4) is 0 Å². The fraction of sp³-hybridized carbons (Fsp3) is 0.500. The molecule has 2 heterocycles. The van der Waals surface area contributed by atoms with Crippen LogP contribution in [0.3, 0.4) is 0 Å². The minimum Gasteiger partial charge on any atom is -0.458 e. The highest BCUT2D eigenvalue weighted by molar-refractivity contribution is 5.78. The molecule has 3 nitrogen and oxygen atoms in total. The molecule has 1 aromatic heterocycles. The van der Waals surface area contributed by atoms with Crippen LogP contribution in [0.1, 0.15) is 32.4 Å². The Kier molecular flexibility index (Phi) is 3.30. The summed E-state index contributed by atoms with van der Waals surface area (Å²) in [7, 11) is 0. The van der Waals surface area contributed by atoms with Gasteiger partial charge in [-0.2, -0.15) is 0 Å². The molecule has 1 saturated heterocycles. The van der Waals surface area contributed by atoms with Crippen LogP contribution >= 0.6 is 0 Å². The van der Waals surface area contributed by atoms with Crippen molar-refractivity contribution in [1.82, 2.24) is 4.90 Å². The first kappa shape index (κ1) is 13.6. The highest BCUT2D eigenvalue weighted by Crippen LogP contribution is 2.36. The van der Waals surface area contributed by atoms with Crippen LogP contribution in [-0.4, -0.2) is 29.1 Å². The van der Waals surface area contributed by atoms with Crippen LogP contribution in [0.4, 0.5) is 4.39 Å². The van der Waals surface area contributed by atoms with Gasteiger partial charge in [0.15, 0.2) is 0 Å². The summed E-state index contributed by atoms with van der Waals surface area (Å²) in [6.45, 7) is 6.02. The minimum atomic E-state index is -0.930. The number of likely N-dealkylation sites (tertiary alicyclic amines) is 1. The molecule has 0 aliphatic carbocycles. The average Bonchev–Trinajstić information content (AvgIpc) is 2.83. The molecule has 2 aromatic rings. The molecule has 1 aliphatic heterocycles. The fourth-order valence-corrected chi connectivity index (χ4v) is 2.90. The van der Waals surface area contributed by atoms with E-state index in [0.29, 0.717) is 35.6 Å². The second kappa shape index (κ2) is 4.86. The second-order valence-corrected chi connectivity index (χ2v) is 5.95. The summed E-state index contributed by atoms with van der Waals surface area (Å²) in [6.07, 6.45) is 1.29. The van der Waals surface area contributed by atoms with E-state index in [1.54, 1.807) is 12.1 Å². The summed E-state index contributed by atoms with van der Waals surface area (Å²) < 4.78 is 18.9. The Labute approximate surface area is 118 Å². The van der Waals surface area contributed by atoms with Crippen molar-refractivity contribution in [2.75, 3.05) is 13.1 Å². The monoisotopic (exact) mass is 277 g/mol. The normalized spacial score (nSPS) is 19.9. The maximum Gasteiger partial charge on any atom is 0.136 e. The molecule has 0 amide bonds. The average molecular weight is 277 g/mol. The Bertz CT molecular complexity index is 612. The van der Waals surface area contributed by atoms with E-state index >= 15 is 0 Å². The number of piperidine rings is 1. The quantitative estimate of drug-likeness (QED) is 0.915. The van der Waals surface area contributed by atoms with Crippen LogP contribution in [0, 0.1) is 5.82 Å². The molecule has 20 heavy (non-hydrogen) atoms. The third-order valence-corrected chi connectivity index (χ3v) is 4.29. The van der Waals surface area contributed by atoms with Crippen molar-refractivity contribution in [3.63, 3.8) is 0 Å². The zero-order valence-electron chi connectivity index (χ0n) is 11.9. The summed E-state index contributed by atoms with van der Waals surface area (Å²) in [5.74, 6) is 0.271. The van der Waals surface area contributed by atoms with Crippen LogP contribution in [0.2, 0.25) is 0 Å². The number of benzene rings is 1. The summed E-state index contributed by atoms with van der Waals surface area (Å²) in [4.78, 5) is 2.34. The number of halogens is 1. The first-order chi connectivity index (χ1) is 9.48. The maximum absolute atomic E-state index is 13.2. The van der Waals surface area contributed by atoms with E-state index in [0.717, 1.165) is 13.1 Å². The third kappa shape index (κ3) is 2.34. The lowest BCUT2D eigenvalue weighted by Crippen LogP contribution is -2.45. The molecule has 0 radical (unpaired) electrons. The Morgan fingerprint density at radius 2 is 1.95 bits per heavy atom. The number of hydrogen-bond acceptors (Lipinski definition) is 3. The van der Waals surface area contributed by atoms with Crippen LogP contribution in [0.25, 0.3) is 11.0 Å². The first-order valence-electron chi connectivity index (χ1n) is 7.14. The van der Waals surface area contributed by atoms with Crippen molar-refractivity contribution < 1.29 is 13.9 Å². The number of aliphatic hydroxyl groups is 1. The number of furan rings is 1. The first-order valence-corrected chi connectivity index (χ1v) is 7.14. The van der Waals surface area contributed by atoms with E-state index in [9.17, 15) is 9.50 Å². The Morgan fingerprint density at radius 1 is 1.25 bits per heavy atom. The summed E-state index contributed by atoms with van der Waals surface area (Å²) in [5.41, 5.74) is -0.304. The highest BCUT2D eigenvalue weighted by atomic mass is 19.1. The Balaban J connectivity index is 1.87. The van der Waals surface area contributed by atoms with Gasteiger partial charge in [0.1, 0.15) is 22.8 Å². The predicted molar refractivity (Wildman–Crippen MR) is 76.0 cm³/mol. The van der Waals surface area contributed by atoms with Gasteiger partial charge in [-0.15, -0.1) is 0 Å². The second-order valence-electron chi connectivity index (χ2n) is 5.95. The van der Waals surface area contributed by atoms with Crippen LogP contribution in [0.15, 0.2) is 28.7 Å². The van der Waals surface area contributed by atoms with E-state index in [2.05, 4.69) is 18.7 Å². The number of hydrogen-bond donors (Lipinski definition) is 1. The van der Waals surface area contributed by atoms with Crippen molar-refractivity contribution in [2.45, 2.75) is 38.3 Å². The molecule has 0 atom stereocenters. The number of nitrogens with zero attached hydrogens (tertiary/aromatic N) is 1. The summed E-state index contributed by atoms with van der Waals surface area (Å²) >= 11 is 0. The van der Waals surface area contributed by atoms with E-state index in [1.165, 1.54) is 12.1 Å². The van der Waals surface area contributed by atoms with Crippen molar-refractivity contribution in [3.05, 3.63) is 35.8 Å². The molecular weight excluding hydrogens is 257 g/mol. The topological polar surface area (TPSA) is 36.6 Å². The smallest absolute Gasteiger partial charge is 0.136 e. The van der Waals surface area contributed by atoms with Crippen molar-refractivity contribution in [1.29, 1.82) is 0 Å². The van der Waals surface area contributed by atoms with Crippen molar-refractivity contribution >= 4 is 11.0 Å². The van der Waals surface area contributed by atoms with Gasteiger partial charge in [0.05, 0.1) is 0 Å². The Hall–Kier alpha value is -1.39. The fourth-order valence-electron chi connectivity index (χ4n) is 2.90. The molecule has 0 saturated carbocycles. The van der Waals surface area contributed by atoms with Gasteiger partial charge in [0, 0.05) is 24.5 Å². The number of rotatable bonds is 2. The van der Waals surface area contributed by atoms with E-state index in [-0.39, 0.29) is 5.82 Å². The van der Waals surface area contributed by atoms with Gasteiger partial charge < -0.3 is 14.4 Å². The van der Waals surface area contributed by atoms with Gasteiger partial charge in [-0.05, 0) is 51.0 Å². The van der Waals surface area contributed by atoms with Gasteiger partial charge in [0.2, 0.25) is 0 Å². The molecule has 1 aliphatic rings. The maximum atomic E-state index is 13.2. The standard InChI is InChI=1S/C16H20FNO2/c1-11(2)18-7-5-16(19,6-8-18)15-10-12-9-13(17)3-4-14(12)20-15/h3-4,9-11,19H,5-8H2,1-2H3. The van der Waals surface area contributed by atoms with Gasteiger partial charge in [-0.3, -0.25) is 0 Å². The van der Waals surface area contributed by atoms with E-state index in [1.807, 2.05) is 0 Å². The SMILES string of the molecule is CC(C)N1CCC(O)(c2cc3cc(F)ccc3o2)CC1. The van der Waals surface area contributed by atoms with Crippen LogP contribution in [-0.2, 0) is 5.60 Å². The molecule has 0 spiro atoms. The van der Waals surface area contributed by atoms with Gasteiger partial charge >= 0.3 is 0 Å². The van der Waals surface area contributed by atoms with E-state index < -0.39 is 5.60 Å². The Morgan fingerprint density at radius 3 is 2.60 bits per heavy atom. The van der Waals surface area contributed by atoms with Crippen LogP contribution in [0.5, 0.6) is 0 Å². The van der Waals surface area contributed by atoms with Crippen LogP contribution < -0.4 is 0 Å². The highest BCUT2D eigenvalue weighted by Gasteiger charge is 2.37. The molecule has 4 heteroatoms. The molecule has 1 fully saturated rings. The lowest BCUT2D eigenvalue weighted by atomic mass is 9.88. The molecule has 108 valence electrons. The number of fused-ring (bicyclic) bond motifs is 1. The molecule has 0 bridgehead atoms. The summed E-state index contributed by atoms with van der Waals surface area (Å²) in [5, 5.41) is 11.5. The predicted octanol–water partition coefficient (Wildman–Crippen LogP) is 3.26. The minimum absolute atomic E-state index is 0.286. The zero-order valence-corrected chi connectivity index (χ0v) is 11.9. The van der Waals surface area contributed by atoms with Gasteiger partial charge in [0.25, 0.3) is 0 Å². The third-order valence-electron chi connectivity index (χ3n) is 4.29. The molecular formula is C16H20FNO2. The summed E-state index contributed by atoms with van der Waals surface area (Å²) in [6, 6.07) is 6.68. The molecule has 1 N–H and O–H groups in total. The van der Waals surface area contributed by atoms with Crippen molar-refractivity contribution in [2.24, 2.45) is 0 Å². The lowest BCUT2D eigenvalue weighted by molar-refractivity contribution is -0.0467. The molecule has 1 aromatic carbocycles. The zero-order chi connectivity index (χ0) is 14.3. The molecule has 0 unspecified atom stereocenters. The lowest BCUT2D eigenvalue weighted by Gasteiger charge is -2.38.